The van der Waals surface area contributed by atoms with Crippen LogP contribution in [0.1, 0.15) is 56.5 Å². The van der Waals surface area contributed by atoms with Crippen molar-refractivity contribution < 1.29 is 4.43 Å². The van der Waals surface area contributed by atoms with Crippen LogP contribution < -0.4 is 0 Å². The van der Waals surface area contributed by atoms with Gasteiger partial charge in [-0.05, 0) is 53.7 Å². The average Bonchev–Trinajstić information content (AvgIpc) is 3.39. The van der Waals surface area contributed by atoms with Crippen LogP contribution in [0, 0.1) is 0 Å². The second kappa shape index (κ2) is 11.0. The molecule has 1 heterocycles. The van der Waals surface area contributed by atoms with Gasteiger partial charge in [-0.3, -0.25) is 0 Å². The molecule has 3 nitrogen and oxygen atoms in total. The van der Waals surface area contributed by atoms with Gasteiger partial charge in [0.05, 0.1) is 12.0 Å². The van der Waals surface area contributed by atoms with Gasteiger partial charge in [-0.25, -0.2) is 4.98 Å². The van der Waals surface area contributed by atoms with E-state index < -0.39 is 13.9 Å². The highest BCUT2D eigenvalue weighted by Crippen LogP contribution is 2.41. The van der Waals surface area contributed by atoms with Crippen LogP contribution in [0.5, 0.6) is 0 Å². The molecule has 0 aliphatic carbocycles. The SMILES string of the molecule is C/C(=C/CCO[Si](C)(C)C(C)(C)C)c1cn(C(c2ccccc2)(c2ccccc2)c2ccccc2)cn1. The van der Waals surface area contributed by atoms with Crippen LogP contribution in [-0.2, 0) is 9.96 Å². The summed E-state index contributed by atoms with van der Waals surface area (Å²) in [6.45, 7) is 14.4. The molecule has 0 atom stereocenters. The first-order chi connectivity index (χ1) is 17.7. The molecule has 192 valence electrons. The lowest BCUT2D eigenvalue weighted by molar-refractivity contribution is 0.294. The molecule has 0 radical (unpaired) electrons. The third-order valence-electron chi connectivity index (χ3n) is 7.79. The molecule has 0 aliphatic heterocycles. The maximum Gasteiger partial charge on any atom is 0.191 e. The normalized spacial score (nSPS) is 13.1. The number of hydrogen-bond donors (Lipinski definition) is 0. The van der Waals surface area contributed by atoms with Crippen LogP contribution >= 0.6 is 0 Å². The monoisotopic (exact) mass is 508 g/mol. The number of benzene rings is 3. The predicted octanol–water partition coefficient (Wildman–Crippen LogP) is 8.54. The van der Waals surface area contributed by atoms with Gasteiger partial charge in [0.25, 0.3) is 0 Å². The number of allylic oxidation sites excluding steroid dienone is 1. The second-order valence-corrected chi connectivity index (χ2v) is 16.1. The van der Waals surface area contributed by atoms with Gasteiger partial charge in [-0.1, -0.05) is 118 Å². The Kier molecular flexibility index (Phi) is 8.01. The number of hydrogen-bond acceptors (Lipinski definition) is 2. The molecule has 0 fully saturated rings. The van der Waals surface area contributed by atoms with Crippen molar-refractivity contribution in [2.45, 2.75) is 57.8 Å². The van der Waals surface area contributed by atoms with Crippen LogP contribution in [0.3, 0.4) is 0 Å². The summed E-state index contributed by atoms with van der Waals surface area (Å²) in [6.07, 6.45) is 7.31. The van der Waals surface area contributed by atoms with Crippen molar-refractivity contribution in [1.29, 1.82) is 0 Å². The van der Waals surface area contributed by atoms with Crippen molar-refractivity contribution in [3.63, 3.8) is 0 Å². The molecule has 1 aromatic heterocycles. The summed E-state index contributed by atoms with van der Waals surface area (Å²) < 4.78 is 8.65. The third kappa shape index (κ3) is 5.56. The third-order valence-corrected chi connectivity index (χ3v) is 12.3. The summed E-state index contributed by atoms with van der Waals surface area (Å²) in [5.74, 6) is 0. The van der Waals surface area contributed by atoms with Gasteiger partial charge >= 0.3 is 0 Å². The Balaban J connectivity index is 1.72. The van der Waals surface area contributed by atoms with Gasteiger partial charge in [0.2, 0.25) is 0 Å². The minimum Gasteiger partial charge on any atom is -0.417 e. The Labute approximate surface area is 224 Å². The van der Waals surface area contributed by atoms with Crippen molar-refractivity contribution in [2.75, 3.05) is 6.61 Å². The van der Waals surface area contributed by atoms with Crippen LogP contribution in [-0.4, -0.2) is 24.5 Å². The molecule has 37 heavy (non-hydrogen) atoms. The molecular weight excluding hydrogens is 468 g/mol. The molecule has 0 saturated carbocycles. The molecule has 4 aromatic rings. The van der Waals surface area contributed by atoms with Crippen LogP contribution in [0.4, 0.5) is 0 Å². The Morgan fingerprint density at radius 2 is 1.27 bits per heavy atom. The highest BCUT2D eigenvalue weighted by Gasteiger charge is 2.38. The minimum absolute atomic E-state index is 0.222. The van der Waals surface area contributed by atoms with E-state index in [1.165, 1.54) is 22.3 Å². The largest absolute Gasteiger partial charge is 0.417 e. The van der Waals surface area contributed by atoms with Crippen molar-refractivity contribution in [3.05, 3.63) is 132 Å². The summed E-state index contributed by atoms with van der Waals surface area (Å²) in [5, 5.41) is 0.222. The molecule has 0 amide bonds. The van der Waals surface area contributed by atoms with Crippen LogP contribution in [0.15, 0.2) is 110 Å². The fraction of sp³-hybridized carbons (Fsp3) is 0.303. The van der Waals surface area contributed by atoms with Gasteiger partial charge in [-0.2, -0.15) is 0 Å². The maximum atomic E-state index is 6.38. The van der Waals surface area contributed by atoms with Crippen LogP contribution in [0.2, 0.25) is 18.1 Å². The van der Waals surface area contributed by atoms with E-state index in [4.69, 9.17) is 9.41 Å². The van der Waals surface area contributed by atoms with Crippen LogP contribution in [0.25, 0.3) is 5.57 Å². The zero-order valence-electron chi connectivity index (χ0n) is 23.1. The van der Waals surface area contributed by atoms with E-state index in [0.29, 0.717) is 0 Å². The second-order valence-electron chi connectivity index (χ2n) is 11.3. The Hall–Kier alpha value is -3.21. The van der Waals surface area contributed by atoms with Gasteiger partial charge in [0.1, 0.15) is 5.54 Å². The Morgan fingerprint density at radius 3 is 1.70 bits per heavy atom. The molecule has 0 saturated heterocycles. The average molecular weight is 509 g/mol. The molecular formula is C33H40N2OSi. The maximum absolute atomic E-state index is 6.38. The predicted molar refractivity (Wildman–Crippen MR) is 158 cm³/mol. The molecule has 0 aliphatic rings. The summed E-state index contributed by atoms with van der Waals surface area (Å²) in [4.78, 5) is 4.89. The number of rotatable bonds is 9. The zero-order valence-corrected chi connectivity index (χ0v) is 24.1. The van der Waals surface area contributed by atoms with E-state index in [9.17, 15) is 0 Å². The fourth-order valence-corrected chi connectivity index (χ4v) is 5.67. The van der Waals surface area contributed by atoms with E-state index in [1.54, 1.807) is 0 Å². The zero-order chi connectivity index (χ0) is 26.5. The van der Waals surface area contributed by atoms with E-state index in [-0.39, 0.29) is 5.04 Å². The number of aromatic nitrogens is 2. The minimum atomic E-state index is -1.74. The van der Waals surface area contributed by atoms with Crippen molar-refractivity contribution in [2.24, 2.45) is 0 Å². The molecule has 0 bridgehead atoms. The lowest BCUT2D eigenvalue weighted by atomic mass is 9.77. The summed E-state index contributed by atoms with van der Waals surface area (Å²) in [6, 6.07) is 32.1. The quantitative estimate of drug-likeness (QED) is 0.129. The standard InChI is InChI=1S/C33H40N2OSi/c1-27(17-16-24-36-37(5,6)32(2,3)4)31-25-35(26-34-31)33(28-18-10-7-11-19-28,29-20-12-8-13-21-29)30-22-14-9-15-23-30/h7-15,17-23,25-26H,16,24H2,1-6H3/b27-17-. The van der Waals surface area contributed by atoms with Crippen molar-refractivity contribution in [1.82, 2.24) is 9.55 Å². The van der Waals surface area contributed by atoms with E-state index in [2.05, 4.69) is 149 Å². The molecule has 0 unspecified atom stereocenters. The number of nitrogens with zero attached hydrogens (tertiary/aromatic N) is 2. The first kappa shape index (κ1) is 26.8. The fourth-order valence-electron chi connectivity index (χ4n) is 4.61. The molecule has 0 N–H and O–H groups in total. The smallest absolute Gasteiger partial charge is 0.191 e. The lowest BCUT2D eigenvalue weighted by Crippen LogP contribution is -2.40. The van der Waals surface area contributed by atoms with Crippen molar-refractivity contribution >= 4 is 13.9 Å². The summed E-state index contributed by atoms with van der Waals surface area (Å²) in [7, 11) is -1.74. The molecule has 0 spiro atoms. The highest BCUT2D eigenvalue weighted by molar-refractivity contribution is 6.74. The Bertz CT molecular complexity index is 1210. The van der Waals surface area contributed by atoms with Gasteiger partial charge in [0, 0.05) is 12.8 Å². The molecule has 4 rings (SSSR count). The van der Waals surface area contributed by atoms with Crippen molar-refractivity contribution in [3.8, 4) is 0 Å². The van der Waals surface area contributed by atoms with Gasteiger partial charge in [0.15, 0.2) is 8.32 Å². The van der Waals surface area contributed by atoms with E-state index in [1.807, 2.05) is 6.33 Å². The highest BCUT2D eigenvalue weighted by atomic mass is 28.4. The summed E-state index contributed by atoms with van der Waals surface area (Å²) >= 11 is 0. The first-order valence-corrected chi connectivity index (χ1v) is 16.1. The molecule has 4 heteroatoms. The topological polar surface area (TPSA) is 27.1 Å². The van der Waals surface area contributed by atoms with Gasteiger partial charge in [-0.15, -0.1) is 0 Å². The first-order valence-electron chi connectivity index (χ1n) is 13.2. The summed E-state index contributed by atoms with van der Waals surface area (Å²) in [5.41, 5.74) is 5.20. The van der Waals surface area contributed by atoms with E-state index in [0.717, 1.165) is 18.7 Å². The lowest BCUT2D eigenvalue weighted by Gasteiger charge is -2.37. The Morgan fingerprint density at radius 1 is 0.811 bits per heavy atom. The number of imidazole rings is 1. The van der Waals surface area contributed by atoms with Gasteiger partial charge < -0.3 is 8.99 Å². The molecule has 3 aromatic carbocycles. The van der Waals surface area contributed by atoms with E-state index >= 15 is 0 Å².